The highest BCUT2D eigenvalue weighted by atomic mass is 16.5. The Morgan fingerprint density at radius 2 is 1.52 bits per heavy atom. The molecule has 0 saturated heterocycles. The summed E-state index contributed by atoms with van der Waals surface area (Å²) in [6.45, 7) is 5.71. The zero-order valence-electron chi connectivity index (χ0n) is 19.0. The second-order valence-corrected chi connectivity index (χ2v) is 7.68. The van der Waals surface area contributed by atoms with Gasteiger partial charge in [-0.15, -0.1) is 0 Å². The van der Waals surface area contributed by atoms with Gasteiger partial charge in [-0.25, -0.2) is 4.79 Å². The molecule has 0 aromatic heterocycles. The zero-order chi connectivity index (χ0) is 23.0. The Morgan fingerprint density at radius 1 is 0.879 bits per heavy atom. The van der Waals surface area contributed by atoms with Gasteiger partial charge in [-0.05, 0) is 53.8 Å². The lowest BCUT2D eigenvalue weighted by Crippen LogP contribution is -2.26. The van der Waals surface area contributed by atoms with Crippen molar-refractivity contribution in [1.29, 1.82) is 0 Å². The van der Waals surface area contributed by atoms with E-state index in [-0.39, 0.29) is 5.92 Å². The molecule has 0 bridgehead atoms. The molecule has 1 aliphatic rings. The molecule has 0 atom stereocenters. The van der Waals surface area contributed by atoms with Crippen molar-refractivity contribution in [2.75, 3.05) is 26.4 Å². The van der Waals surface area contributed by atoms with Crippen molar-refractivity contribution in [3.63, 3.8) is 0 Å². The molecule has 3 aromatic rings. The van der Waals surface area contributed by atoms with E-state index in [9.17, 15) is 4.79 Å². The van der Waals surface area contributed by atoms with Crippen LogP contribution >= 0.6 is 0 Å². The summed E-state index contributed by atoms with van der Waals surface area (Å²) in [5.74, 6) is 1.50. The first-order chi connectivity index (χ1) is 16.2. The number of benzene rings is 3. The Balaban J connectivity index is 1.31. The molecule has 170 valence electrons. The van der Waals surface area contributed by atoms with Gasteiger partial charge in [-0.2, -0.15) is 0 Å². The van der Waals surface area contributed by atoms with E-state index in [0.717, 1.165) is 11.3 Å². The molecule has 0 fully saturated rings. The molecule has 0 spiro atoms. The van der Waals surface area contributed by atoms with Gasteiger partial charge in [0.25, 0.3) is 0 Å². The second kappa shape index (κ2) is 10.7. The number of amides is 1. The Labute approximate surface area is 195 Å². The number of hydrogen-bond acceptors (Lipinski definition) is 4. The molecule has 4 rings (SSSR count). The number of fused-ring (bicyclic) bond motifs is 3. The lowest BCUT2D eigenvalue weighted by atomic mass is 9.98. The summed E-state index contributed by atoms with van der Waals surface area (Å²) in [5.41, 5.74) is 5.80. The van der Waals surface area contributed by atoms with Crippen LogP contribution in [0.3, 0.4) is 0 Å². The predicted molar refractivity (Wildman–Crippen MR) is 131 cm³/mol. The number of alkyl carbamates (subject to hydrolysis) is 1. The Hall–Kier alpha value is -3.73. The largest absolute Gasteiger partial charge is 0.490 e. The van der Waals surface area contributed by atoms with Crippen LogP contribution in [0.4, 0.5) is 4.79 Å². The summed E-state index contributed by atoms with van der Waals surface area (Å²) in [6.07, 6.45) is 3.39. The van der Waals surface area contributed by atoms with Gasteiger partial charge in [-0.1, -0.05) is 66.7 Å². The van der Waals surface area contributed by atoms with Crippen LogP contribution in [0.15, 0.2) is 72.8 Å². The van der Waals surface area contributed by atoms with Crippen molar-refractivity contribution in [2.45, 2.75) is 19.8 Å². The monoisotopic (exact) mass is 443 g/mol. The number of carbonyl (C=O) groups is 1. The van der Waals surface area contributed by atoms with Crippen molar-refractivity contribution < 1.29 is 19.0 Å². The van der Waals surface area contributed by atoms with Gasteiger partial charge >= 0.3 is 6.09 Å². The molecule has 1 aliphatic carbocycles. The summed E-state index contributed by atoms with van der Waals surface area (Å²) in [5, 5.41) is 2.79. The minimum Gasteiger partial charge on any atom is -0.490 e. The molecule has 0 unspecified atom stereocenters. The molecule has 0 radical (unpaired) electrons. The molecular weight excluding hydrogens is 414 g/mol. The highest BCUT2D eigenvalue weighted by molar-refractivity contribution is 5.79. The van der Waals surface area contributed by atoms with Gasteiger partial charge in [0.15, 0.2) is 11.5 Å². The molecular formula is C28H29NO4. The van der Waals surface area contributed by atoms with Crippen molar-refractivity contribution in [1.82, 2.24) is 5.32 Å². The van der Waals surface area contributed by atoms with Gasteiger partial charge < -0.3 is 19.5 Å². The van der Waals surface area contributed by atoms with E-state index < -0.39 is 6.09 Å². The minimum atomic E-state index is -0.428. The standard InChI is InChI=1S/C28H29NO4/c1-3-31-26-16-15-20(18-27(26)32-4-2)10-9-17-29-28(30)33-19-25-23-13-7-5-11-21(23)22-12-6-8-14-24(22)25/h5-16,18,25H,3-4,17,19H2,1-2H3,(H,29,30). The number of nitrogens with one attached hydrogen (secondary N) is 1. The van der Waals surface area contributed by atoms with Crippen LogP contribution in [-0.4, -0.2) is 32.5 Å². The van der Waals surface area contributed by atoms with Crippen LogP contribution in [0.1, 0.15) is 36.5 Å². The summed E-state index contributed by atoms with van der Waals surface area (Å²) in [6, 6.07) is 22.4. The summed E-state index contributed by atoms with van der Waals surface area (Å²) >= 11 is 0. The lowest BCUT2D eigenvalue weighted by Gasteiger charge is -2.14. The normalized spacial score (nSPS) is 12.3. The number of hydrogen-bond donors (Lipinski definition) is 1. The molecule has 1 amide bonds. The average Bonchev–Trinajstić information content (AvgIpc) is 3.16. The summed E-state index contributed by atoms with van der Waals surface area (Å²) in [7, 11) is 0. The molecule has 0 saturated carbocycles. The fourth-order valence-electron chi connectivity index (χ4n) is 4.16. The molecule has 5 heteroatoms. The van der Waals surface area contributed by atoms with Crippen molar-refractivity contribution in [3.8, 4) is 22.6 Å². The van der Waals surface area contributed by atoms with E-state index in [0.29, 0.717) is 32.1 Å². The van der Waals surface area contributed by atoms with Gasteiger partial charge in [0.1, 0.15) is 6.61 Å². The Kier molecular flexibility index (Phi) is 7.30. The predicted octanol–water partition coefficient (Wildman–Crippen LogP) is 6.04. The van der Waals surface area contributed by atoms with Crippen LogP contribution < -0.4 is 14.8 Å². The quantitative estimate of drug-likeness (QED) is 0.438. The number of carbonyl (C=O) groups excluding carboxylic acids is 1. The molecule has 5 nitrogen and oxygen atoms in total. The van der Waals surface area contributed by atoms with Crippen LogP contribution in [0.5, 0.6) is 11.5 Å². The molecule has 0 heterocycles. The van der Waals surface area contributed by atoms with Crippen LogP contribution in [0, 0.1) is 0 Å². The van der Waals surface area contributed by atoms with Gasteiger partial charge in [-0.3, -0.25) is 0 Å². The molecule has 0 aliphatic heterocycles. The summed E-state index contributed by atoms with van der Waals surface area (Å²) < 4.78 is 16.8. The number of ether oxygens (including phenoxy) is 3. The van der Waals surface area contributed by atoms with Crippen LogP contribution in [0.25, 0.3) is 17.2 Å². The fraction of sp³-hybridized carbons (Fsp3) is 0.250. The van der Waals surface area contributed by atoms with Gasteiger partial charge in [0.2, 0.25) is 0 Å². The van der Waals surface area contributed by atoms with Gasteiger partial charge in [0.05, 0.1) is 13.2 Å². The minimum absolute atomic E-state index is 0.0551. The highest BCUT2D eigenvalue weighted by Crippen LogP contribution is 2.44. The third-order valence-electron chi connectivity index (χ3n) is 5.59. The average molecular weight is 444 g/mol. The van der Waals surface area contributed by atoms with Crippen LogP contribution in [0.2, 0.25) is 0 Å². The first-order valence-corrected chi connectivity index (χ1v) is 11.4. The zero-order valence-corrected chi connectivity index (χ0v) is 19.0. The first kappa shape index (κ1) is 22.5. The van der Waals surface area contributed by atoms with E-state index in [1.54, 1.807) is 0 Å². The first-order valence-electron chi connectivity index (χ1n) is 11.4. The van der Waals surface area contributed by atoms with E-state index in [2.05, 4.69) is 29.6 Å². The maximum absolute atomic E-state index is 12.3. The highest BCUT2D eigenvalue weighted by Gasteiger charge is 2.28. The lowest BCUT2D eigenvalue weighted by molar-refractivity contribution is 0.144. The van der Waals surface area contributed by atoms with Gasteiger partial charge in [0, 0.05) is 12.5 Å². The third-order valence-corrected chi connectivity index (χ3v) is 5.59. The maximum Gasteiger partial charge on any atom is 0.407 e. The smallest absolute Gasteiger partial charge is 0.407 e. The van der Waals surface area contributed by atoms with Crippen molar-refractivity contribution >= 4 is 12.2 Å². The Bertz CT molecular complexity index is 1090. The maximum atomic E-state index is 12.3. The number of rotatable bonds is 9. The van der Waals surface area contributed by atoms with E-state index in [1.165, 1.54) is 22.3 Å². The van der Waals surface area contributed by atoms with Crippen molar-refractivity contribution in [2.24, 2.45) is 0 Å². The SMILES string of the molecule is CCOc1ccc(C=CCNC(=O)OCC2c3ccccc3-c3ccccc32)cc1OCC. The molecule has 33 heavy (non-hydrogen) atoms. The van der Waals surface area contributed by atoms with Crippen molar-refractivity contribution in [3.05, 3.63) is 89.5 Å². The third kappa shape index (κ3) is 5.20. The van der Waals surface area contributed by atoms with Crippen LogP contribution in [-0.2, 0) is 4.74 Å². The molecule has 1 N–H and O–H groups in total. The Morgan fingerprint density at radius 3 is 2.18 bits per heavy atom. The van der Waals surface area contributed by atoms with E-state index in [4.69, 9.17) is 14.2 Å². The second-order valence-electron chi connectivity index (χ2n) is 7.68. The molecule has 3 aromatic carbocycles. The van der Waals surface area contributed by atoms with E-state index >= 15 is 0 Å². The topological polar surface area (TPSA) is 56.8 Å². The fourth-order valence-corrected chi connectivity index (χ4v) is 4.16. The van der Waals surface area contributed by atoms with E-state index in [1.807, 2.05) is 68.5 Å². The summed E-state index contributed by atoms with van der Waals surface area (Å²) in [4.78, 5) is 12.3.